The van der Waals surface area contributed by atoms with Crippen molar-refractivity contribution >= 4 is 37.7 Å². The number of aromatic nitrogens is 4. The number of hydrogen-bond donors (Lipinski definition) is 3. The van der Waals surface area contributed by atoms with Gasteiger partial charge in [0, 0.05) is 65.0 Å². The predicted molar refractivity (Wildman–Crippen MR) is 233 cm³/mol. The molecule has 2 atom stereocenters. The molecular weight excluding hydrogens is 784 g/mol. The van der Waals surface area contributed by atoms with Crippen LogP contribution in [0.5, 0.6) is 5.75 Å². The molecular formula is C44H53BrN8O4. The van der Waals surface area contributed by atoms with E-state index in [2.05, 4.69) is 48.7 Å². The summed E-state index contributed by atoms with van der Waals surface area (Å²) in [5.41, 5.74) is 3.80. The molecule has 0 amide bonds. The number of rotatable bonds is 9. The molecule has 6 aromatic rings. The van der Waals surface area contributed by atoms with Gasteiger partial charge in [-0.3, -0.25) is 23.6 Å². The lowest BCUT2D eigenvalue weighted by atomic mass is 10.1. The summed E-state index contributed by atoms with van der Waals surface area (Å²) in [4.78, 5) is 38.5. The Labute approximate surface area is 342 Å². The Hall–Kier alpha value is -4.76. The largest absolute Gasteiger partial charge is 0.492 e. The zero-order chi connectivity index (χ0) is 40.1. The minimum Gasteiger partial charge on any atom is -0.492 e. The summed E-state index contributed by atoms with van der Waals surface area (Å²) in [5.74, 6) is 2.12. The number of benzene rings is 4. The summed E-state index contributed by atoms with van der Waals surface area (Å²) in [6.07, 6.45) is 0. The zero-order valence-corrected chi connectivity index (χ0v) is 34.8. The highest BCUT2D eigenvalue weighted by molar-refractivity contribution is 9.09. The number of methoxy groups -OCH3 is 1. The number of alkyl halides is 1. The summed E-state index contributed by atoms with van der Waals surface area (Å²) in [5, 5.41) is 11.1. The summed E-state index contributed by atoms with van der Waals surface area (Å²) >= 11 is 3.56. The van der Waals surface area contributed by atoms with E-state index in [1.165, 1.54) is 0 Å². The molecule has 2 aliphatic rings. The van der Waals surface area contributed by atoms with Crippen LogP contribution < -0.4 is 31.8 Å². The molecule has 0 saturated carbocycles. The number of halogens is 1. The molecule has 0 radical (unpaired) electrons. The standard InChI is InChI=1S/C22H26N4O2.C18H17BrN2O2.C4H10N2/c1-3-28-20-11-7-6-10-19(20)26-21(16(2)25-14-12-23-13-15-25)24-18-9-5-4-8-17(18)22(26)27;1-12(19)17-20-15-9-5-4-8-14(15)18(22)21(17)16-10-6-3-7-13(16)11-23-2;1-2-6-4-3-5-1/h4-11,16,23H,3,12-15H2,1-2H3;3-10,12H,11H2,1-2H3;5-6H,1-4H2. The maximum absolute atomic E-state index is 13.5. The number of hydrogen-bond acceptors (Lipinski definition) is 10. The number of ether oxygens (including phenoxy) is 2. The summed E-state index contributed by atoms with van der Waals surface area (Å²) in [7, 11) is 1.65. The van der Waals surface area contributed by atoms with Gasteiger partial charge in [-0.05, 0) is 63.2 Å². The number of piperazine rings is 2. The third kappa shape index (κ3) is 10.0. The topological polar surface area (TPSA) is 128 Å². The molecule has 3 N–H and O–H groups in total. The molecule has 4 aromatic carbocycles. The quantitative estimate of drug-likeness (QED) is 0.151. The molecule has 12 nitrogen and oxygen atoms in total. The van der Waals surface area contributed by atoms with Crippen LogP contribution in [0.2, 0.25) is 0 Å². The van der Waals surface area contributed by atoms with Crippen LogP contribution >= 0.6 is 15.9 Å². The first-order chi connectivity index (χ1) is 27.8. The van der Waals surface area contributed by atoms with Gasteiger partial charge in [0.05, 0.1) is 57.3 Å². The minimum absolute atomic E-state index is 0.00842. The second-order valence-electron chi connectivity index (χ2n) is 13.8. The summed E-state index contributed by atoms with van der Waals surface area (Å²) < 4.78 is 14.5. The lowest BCUT2D eigenvalue weighted by Crippen LogP contribution is -2.45. The van der Waals surface area contributed by atoms with Crippen LogP contribution in [-0.2, 0) is 11.3 Å². The Morgan fingerprint density at radius 3 is 1.72 bits per heavy atom. The SMILES string of the molecule is C1CNCCN1.CCOc1ccccc1-n1c(C(C)N2CCNCC2)nc2ccccc2c1=O.COCc1ccccc1-n1c(C(C)Br)nc2ccccc2c1=O. The smallest absolute Gasteiger partial charge is 0.266 e. The third-order valence-corrected chi connectivity index (χ3v) is 10.3. The number of para-hydroxylation sites is 5. The van der Waals surface area contributed by atoms with Crippen molar-refractivity contribution in [2.75, 3.05) is 66.1 Å². The van der Waals surface area contributed by atoms with Crippen molar-refractivity contribution in [1.29, 1.82) is 0 Å². The fraction of sp³-hybridized carbons (Fsp3) is 0.364. The van der Waals surface area contributed by atoms with E-state index >= 15 is 0 Å². The van der Waals surface area contributed by atoms with Crippen molar-refractivity contribution in [3.05, 3.63) is 135 Å². The fourth-order valence-corrected chi connectivity index (χ4v) is 7.38. The summed E-state index contributed by atoms with van der Waals surface area (Å²) in [6.45, 7) is 15.3. The van der Waals surface area contributed by atoms with Crippen LogP contribution in [0, 0.1) is 0 Å². The lowest BCUT2D eigenvalue weighted by molar-refractivity contribution is 0.177. The average Bonchev–Trinajstić information content (AvgIpc) is 3.25. The van der Waals surface area contributed by atoms with Crippen molar-refractivity contribution in [1.82, 2.24) is 40.0 Å². The van der Waals surface area contributed by atoms with Gasteiger partial charge in [-0.1, -0.05) is 70.5 Å². The Morgan fingerprint density at radius 2 is 1.16 bits per heavy atom. The van der Waals surface area contributed by atoms with Gasteiger partial charge in [-0.25, -0.2) is 9.97 Å². The average molecular weight is 838 g/mol. The molecule has 8 rings (SSSR count). The molecule has 2 aliphatic heterocycles. The third-order valence-electron chi connectivity index (χ3n) is 9.93. The van der Waals surface area contributed by atoms with Crippen LogP contribution in [-0.4, -0.2) is 90.1 Å². The number of nitrogens with one attached hydrogen (secondary N) is 3. The fourth-order valence-electron chi connectivity index (χ4n) is 7.07. The van der Waals surface area contributed by atoms with Gasteiger partial charge in [0.1, 0.15) is 17.4 Å². The van der Waals surface area contributed by atoms with E-state index in [0.717, 1.165) is 80.6 Å². The van der Waals surface area contributed by atoms with Gasteiger partial charge in [0.25, 0.3) is 11.1 Å². The van der Waals surface area contributed by atoms with Crippen LogP contribution in [0.3, 0.4) is 0 Å². The molecule has 0 aliphatic carbocycles. The van der Waals surface area contributed by atoms with Crippen molar-refractivity contribution in [3.63, 3.8) is 0 Å². The van der Waals surface area contributed by atoms with Crippen molar-refractivity contribution < 1.29 is 9.47 Å². The molecule has 2 saturated heterocycles. The van der Waals surface area contributed by atoms with Gasteiger partial charge in [-0.2, -0.15) is 0 Å². The highest BCUT2D eigenvalue weighted by atomic mass is 79.9. The maximum Gasteiger partial charge on any atom is 0.266 e. The normalized spacial score (nSPS) is 15.5. The molecule has 2 unspecified atom stereocenters. The van der Waals surface area contributed by atoms with E-state index in [-0.39, 0.29) is 22.0 Å². The molecule has 300 valence electrons. The maximum atomic E-state index is 13.5. The van der Waals surface area contributed by atoms with E-state index in [1.54, 1.807) is 16.2 Å². The minimum atomic E-state index is -0.0690. The highest BCUT2D eigenvalue weighted by Gasteiger charge is 2.25. The first-order valence-corrected chi connectivity index (χ1v) is 20.6. The zero-order valence-electron chi connectivity index (χ0n) is 33.2. The first-order valence-electron chi connectivity index (χ1n) is 19.7. The molecule has 0 bridgehead atoms. The predicted octanol–water partition coefficient (Wildman–Crippen LogP) is 5.92. The summed E-state index contributed by atoms with van der Waals surface area (Å²) in [6, 6.07) is 30.4. The van der Waals surface area contributed by atoms with E-state index in [4.69, 9.17) is 14.5 Å². The first kappa shape index (κ1) is 41.9. The number of nitrogens with zero attached hydrogens (tertiary/aromatic N) is 5. The Kier molecular flexibility index (Phi) is 15.1. The van der Waals surface area contributed by atoms with Gasteiger partial charge in [0.2, 0.25) is 0 Å². The molecule has 57 heavy (non-hydrogen) atoms. The lowest BCUT2D eigenvalue weighted by Gasteiger charge is -2.33. The number of fused-ring (bicyclic) bond motifs is 2. The van der Waals surface area contributed by atoms with Crippen LogP contribution in [0.1, 0.15) is 48.9 Å². The molecule has 0 spiro atoms. The second-order valence-corrected chi connectivity index (χ2v) is 15.2. The van der Waals surface area contributed by atoms with Gasteiger partial charge in [0.15, 0.2) is 0 Å². The van der Waals surface area contributed by atoms with E-state index < -0.39 is 0 Å². The van der Waals surface area contributed by atoms with Crippen LogP contribution in [0.15, 0.2) is 107 Å². The van der Waals surface area contributed by atoms with E-state index in [9.17, 15) is 9.59 Å². The monoisotopic (exact) mass is 836 g/mol. The second kappa shape index (κ2) is 20.6. The molecule has 2 aromatic heterocycles. The molecule has 13 heteroatoms. The van der Waals surface area contributed by atoms with Gasteiger partial charge < -0.3 is 25.4 Å². The van der Waals surface area contributed by atoms with E-state index in [1.807, 2.05) is 111 Å². The highest BCUT2D eigenvalue weighted by Crippen LogP contribution is 2.28. The van der Waals surface area contributed by atoms with Crippen molar-refractivity contribution in [2.24, 2.45) is 0 Å². The molecule has 2 fully saturated rings. The van der Waals surface area contributed by atoms with Gasteiger partial charge >= 0.3 is 0 Å². The van der Waals surface area contributed by atoms with Crippen molar-refractivity contribution in [2.45, 2.75) is 38.2 Å². The van der Waals surface area contributed by atoms with Crippen molar-refractivity contribution in [3.8, 4) is 17.1 Å². The Balaban J connectivity index is 0.000000170. The van der Waals surface area contributed by atoms with Crippen LogP contribution in [0.4, 0.5) is 0 Å². The van der Waals surface area contributed by atoms with Gasteiger partial charge in [-0.15, -0.1) is 0 Å². The van der Waals surface area contributed by atoms with Crippen LogP contribution in [0.25, 0.3) is 33.2 Å². The molecule has 4 heterocycles. The van der Waals surface area contributed by atoms with E-state index in [0.29, 0.717) is 41.1 Å². The Bertz CT molecular complexity index is 2340. The Morgan fingerprint density at radius 1 is 0.667 bits per heavy atom.